The van der Waals surface area contributed by atoms with E-state index in [1.165, 1.54) is 24.8 Å². The van der Waals surface area contributed by atoms with Crippen molar-refractivity contribution >= 4 is 34.4 Å². The lowest BCUT2D eigenvalue weighted by Gasteiger charge is -2.22. The van der Waals surface area contributed by atoms with Crippen molar-refractivity contribution in [2.24, 2.45) is 0 Å². The summed E-state index contributed by atoms with van der Waals surface area (Å²) in [6.07, 6.45) is 8.26. The Labute approximate surface area is 168 Å². The van der Waals surface area contributed by atoms with Gasteiger partial charge in [-0.25, -0.2) is 14.6 Å². The summed E-state index contributed by atoms with van der Waals surface area (Å²) in [5.41, 5.74) is 1.32. The first-order valence-electron chi connectivity index (χ1n) is 8.33. The maximum atomic E-state index is 11.6. The average molecular weight is 425 g/mol. The fourth-order valence-corrected chi connectivity index (χ4v) is 3.16. The molecule has 13 heteroatoms. The first kappa shape index (κ1) is 18.6. The molecule has 2 aromatic rings. The minimum atomic E-state index is -0.146. The third-order valence-electron chi connectivity index (χ3n) is 4.10. The standard InChI is InChI=1S/C10H11ClN4O2.C5H3ClN4O/c11-8-6-14(16)7-5-12-15(10(7)13-8)9-3-1-2-4-17-9;6-4-2-10(11)3-1-7-9-5(3)8-4/h5-6,9H,1-4H2;1-2,11H. The van der Waals surface area contributed by atoms with Crippen LogP contribution in [0.15, 0.2) is 24.8 Å². The van der Waals surface area contributed by atoms with Crippen molar-refractivity contribution in [3.05, 3.63) is 40.3 Å². The fraction of sp³-hybridized carbons (Fsp3) is 0.333. The van der Waals surface area contributed by atoms with Crippen LogP contribution in [-0.2, 0) is 4.74 Å². The molecule has 1 atom stereocenters. The molecule has 28 heavy (non-hydrogen) atoms. The Balaban J connectivity index is 0.000000151. The molecule has 0 aliphatic carbocycles. The summed E-state index contributed by atoms with van der Waals surface area (Å²) in [6.45, 7) is 0.712. The first-order valence-corrected chi connectivity index (χ1v) is 9.08. The van der Waals surface area contributed by atoms with E-state index in [1.807, 2.05) is 0 Å². The predicted octanol–water partition coefficient (Wildman–Crippen LogP) is 2.09. The van der Waals surface area contributed by atoms with Crippen molar-refractivity contribution < 1.29 is 14.7 Å². The van der Waals surface area contributed by atoms with Gasteiger partial charge < -0.3 is 15.2 Å². The molecule has 0 aromatic carbocycles. The molecule has 1 N–H and O–H groups in total. The average Bonchev–Trinajstić information content (AvgIpc) is 3.30. The molecule has 0 amide bonds. The molecule has 1 fully saturated rings. The van der Waals surface area contributed by atoms with E-state index in [0.29, 0.717) is 34.0 Å². The van der Waals surface area contributed by atoms with E-state index in [1.54, 1.807) is 4.68 Å². The van der Waals surface area contributed by atoms with Crippen LogP contribution in [0.3, 0.4) is 0 Å². The van der Waals surface area contributed by atoms with Gasteiger partial charge in [-0.15, -0.1) is 5.10 Å². The summed E-state index contributed by atoms with van der Waals surface area (Å²) < 4.78 is 8.77. The molecule has 5 rings (SSSR count). The van der Waals surface area contributed by atoms with Crippen LogP contribution in [0, 0.1) is 5.21 Å². The smallest absolute Gasteiger partial charge is 0.281 e. The number of nitrogens with zero attached hydrogens (tertiary/aromatic N) is 8. The van der Waals surface area contributed by atoms with Crippen LogP contribution >= 0.6 is 23.2 Å². The third kappa shape index (κ3) is 3.63. The molecular formula is C15H14Cl2N8O3. The second kappa shape index (κ2) is 7.70. The monoisotopic (exact) mass is 424 g/mol. The van der Waals surface area contributed by atoms with Gasteiger partial charge in [-0.05, 0) is 19.3 Å². The molecule has 0 bridgehead atoms. The quantitative estimate of drug-likeness (QED) is 0.279. The third-order valence-corrected chi connectivity index (χ3v) is 4.47. The van der Waals surface area contributed by atoms with E-state index in [-0.39, 0.29) is 16.5 Å². The van der Waals surface area contributed by atoms with Gasteiger partial charge in [-0.2, -0.15) is 19.7 Å². The summed E-state index contributed by atoms with van der Waals surface area (Å²) in [5.74, 6) is 0.333. The summed E-state index contributed by atoms with van der Waals surface area (Å²) in [6, 6.07) is 0. The van der Waals surface area contributed by atoms with Crippen LogP contribution in [0.1, 0.15) is 25.5 Å². The maximum Gasteiger partial charge on any atom is 0.281 e. The van der Waals surface area contributed by atoms with Crippen LogP contribution in [0.2, 0.25) is 10.3 Å². The van der Waals surface area contributed by atoms with Crippen molar-refractivity contribution in [3.8, 4) is 11.5 Å². The highest BCUT2D eigenvalue weighted by atomic mass is 35.5. The molecule has 11 nitrogen and oxygen atoms in total. The summed E-state index contributed by atoms with van der Waals surface area (Å²) in [7, 11) is 0. The lowest BCUT2D eigenvalue weighted by molar-refractivity contribution is -0.577. The van der Waals surface area contributed by atoms with Gasteiger partial charge in [-0.3, -0.25) is 0 Å². The van der Waals surface area contributed by atoms with E-state index in [9.17, 15) is 5.21 Å². The molecule has 0 radical (unpaired) electrons. The van der Waals surface area contributed by atoms with Crippen molar-refractivity contribution in [1.82, 2.24) is 34.7 Å². The van der Waals surface area contributed by atoms with E-state index < -0.39 is 0 Å². The lowest BCUT2D eigenvalue weighted by atomic mass is 10.2. The fourth-order valence-electron chi connectivity index (χ4n) is 2.82. The second-order valence-corrected chi connectivity index (χ2v) is 6.74. The molecular weight excluding hydrogens is 411 g/mol. The number of halogens is 2. The second-order valence-electron chi connectivity index (χ2n) is 5.97. The SMILES string of the molecule is On1cc(Cl)nc2nncc1-2.[O-][n+]1cc(Cl)nc2c1cnn2C1CCCCO1. The van der Waals surface area contributed by atoms with Crippen LogP contribution in [0.25, 0.3) is 22.7 Å². The Bertz CT molecular complexity index is 1080. The summed E-state index contributed by atoms with van der Waals surface area (Å²) in [4.78, 5) is 7.94. The highest BCUT2D eigenvalue weighted by Crippen LogP contribution is 2.24. The number of fused-ring (bicyclic) bond motifs is 2. The molecule has 1 unspecified atom stereocenters. The molecule has 5 heterocycles. The Kier molecular flexibility index (Phi) is 5.11. The highest BCUT2D eigenvalue weighted by Gasteiger charge is 2.22. The Morgan fingerprint density at radius 2 is 2.07 bits per heavy atom. The highest BCUT2D eigenvalue weighted by molar-refractivity contribution is 6.29. The van der Waals surface area contributed by atoms with Crippen molar-refractivity contribution in [2.45, 2.75) is 25.5 Å². The number of ether oxygens (including phenoxy) is 1. The number of hydrogen-bond donors (Lipinski definition) is 1. The summed E-state index contributed by atoms with van der Waals surface area (Å²) in [5, 5.41) is 32.4. The van der Waals surface area contributed by atoms with Gasteiger partial charge in [0.2, 0.25) is 17.7 Å². The number of hydrogen-bond acceptors (Lipinski definition) is 8. The Hall–Kier alpha value is -2.76. The van der Waals surface area contributed by atoms with Crippen LogP contribution in [-0.4, -0.2) is 46.5 Å². The van der Waals surface area contributed by atoms with Gasteiger partial charge >= 0.3 is 0 Å². The zero-order valence-electron chi connectivity index (χ0n) is 14.3. The van der Waals surface area contributed by atoms with Crippen LogP contribution < -0.4 is 4.73 Å². The van der Waals surface area contributed by atoms with Gasteiger partial charge in [0.05, 0.1) is 12.4 Å². The largest absolute Gasteiger partial charge is 0.618 e. The summed E-state index contributed by atoms with van der Waals surface area (Å²) >= 11 is 11.3. The van der Waals surface area contributed by atoms with E-state index >= 15 is 0 Å². The van der Waals surface area contributed by atoms with Crippen molar-refractivity contribution in [2.75, 3.05) is 6.61 Å². The van der Waals surface area contributed by atoms with Gasteiger partial charge in [0.1, 0.15) is 11.9 Å². The van der Waals surface area contributed by atoms with E-state index in [4.69, 9.17) is 33.1 Å². The molecule has 0 saturated carbocycles. The van der Waals surface area contributed by atoms with E-state index in [2.05, 4.69) is 25.3 Å². The molecule has 3 aliphatic heterocycles. The molecule has 1 saturated heterocycles. The van der Waals surface area contributed by atoms with Crippen LogP contribution in [0.5, 0.6) is 0 Å². The van der Waals surface area contributed by atoms with Crippen molar-refractivity contribution in [3.63, 3.8) is 0 Å². The van der Waals surface area contributed by atoms with Gasteiger partial charge in [-0.1, -0.05) is 23.2 Å². The topological polar surface area (TPSA) is 131 Å². The van der Waals surface area contributed by atoms with Gasteiger partial charge in [0.25, 0.3) is 5.52 Å². The molecule has 146 valence electrons. The normalized spacial score (nSPS) is 16.9. The number of aromatic nitrogens is 8. The Morgan fingerprint density at radius 3 is 2.86 bits per heavy atom. The minimum Gasteiger partial charge on any atom is -0.618 e. The van der Waals surface area contributed by atoms with E-state index in [0.717, 1.165) is 24.0 Å². The molecule has 0 spiro atoms. The zero-order valence-corrected chi connectivity index (χ0v) is 15.8. The first-order chi connectivity index (χ1) is 13.5. The van der Waals surface area contributed by atoms with Crippen LogP contribution in [0.4, 0.5) is 0 Å². The molecule has 2 aromatic heterocycles. The van der Waals surface area contributed by atoms with Gasteiger partial charge in [0.15, 0.2) is 16.5 Å². The Morgan fingerprint density at radius 1 is 1.21 bits per heavy atom. The lowest BCUT2D eigenvalue weighted by Crippen LogP contribution is -2.27. The minimum absolute atomic E-state index is 0.146. The van der Waals surface area contributed by atoms with Crippen molar-refractivity contribution in [1.29, 1.82) is 0 Å². The predicted molar refractivity (Wildman–Crippen MR) is 97.0 cm³/mol. The zero-order chi connectivity index (χ0) is 19.7. The number of rotatable bonds is 1. The maximum absolute atomic E-state index is 11.6. The molecule has 3 aliphatic rings. The van der Waals surface area contributed by atoms with Gasteiger partial charge in [0, 0.05) is 6.61 Å².